The number of carboxylic acids is 2. The standard InChI is InChI=1S/C26H27N5O2.2C2HF3O2/c1-30-13-10-18(11-14-30)9-12-29-26(32)23-16-21-22(7-4-8-24(21)33-2)31(23)17-19-5-3-6-20(15-19)25(27)28;2*3-2(4,5)1(6)7/h3-8,10-11,13-16H,9,12,17H2,1-2H3,(H3-,27,28,29,32);2*(H,6,7). The zero-order valence-electron chi connectivity index (χ0n) is 24.8. The number of ether oxygens (including phenoxy) is 1. The van der Waals surface area contributed by atoms with Crippen LogP contribution in [0.15, 0.2) is 73.1 Å². The van der Waals surface area contributed by atoms with E-state index in [0.717, 1.165) is 34.2 Å². The van der Waals surface area contributed by atoms with E-state index < -0.39 is 24.3 Å². The second kappa shape index (κ2) is 16.1. The summed E-state index contributed by atoms with van der Waals surface area (Å²) in [5, 5.41) is 27.6. The number of nitrogen functional groups attached to an aromatic ring is 1. The van der Waals surface area contributed by atoms with Crippen molar-refractivity contribution in [3.63, 3.8) is 0 Å². The van der Waals surface area contributed by atoms with Crippen LogP contribution in [0.25, 0.3) is 10.9 Å². The Morgan fingerprint density at radius 1 is 0.979 bits per heavy atom. The second-order valence-electron chi connectivity index (χ2n) is 9.59. The summed E-state index contributed by atoms with van der Waals surface area (Å²) >= 11 is 0. The molecule has 47 heavy (non-hydrogen) atoms. The molecule has 11 nitrogen and oxygen atoms in total. The zero-order chi connectivity index (χ0) is 35.5. The third-order valence-corrected chi connectivity index (χ3v) is 6.16. The van der Waals surface area contributed by atoms with Crippen molar-refractivity contribution in [3.05, 3.63) is 95.4 Å². The molecule has 0 aliphatic heterocycles. The molecular formula is C30H29F6N5O6. The van der Waals surface area contributed by atoms with Gasteiger partial charge in [0.1, 0.15) is 30.3 Å². The number of amides is 1. The molecule has 0 atom stereocenters. The Bertz CT molecular complexity index is 1700. The number of aryl methyl sites for hydroxylation is 1. The summed E-state index contributed by atoms with van der Waals surface area (Å²) < 4.78 is 72.8. The van der Waals surface area contributed by atoms with Gasteiger partial charge in [-0.3, -0.25) is 10.2 Å². The molecule has 2 aromatic heterocycles. The SMILES string of the molecule is COc1cccc2c1cc(C(=O)NCCc1cc[n+](C)cc1)n2Cc1cccc(C(=N)N)c1.O=C(O)C(F)(F)F.O=C([O-])C(F)(F)F. The van der Waals surface area contributed by atoms with Crippen LogP contribution in [0.1, 0.15) is 27.2 Å². The molecule has 1 amide bonds. The first-order valence-corrected chi connectivity index (χ1v) is 13.2. The highest BCUT2D eigenvalue weighted by molar-refractivity contribution is 6.00. The van der Waals surface area contributed by atoms with E-state index in [0.29, 0.717) is 24.3 Å². The average molecular weight is 670 g/mol. The summed E-state index contributed by atoms with van der Waals surface area (Å²) in [5.41, 5.74) is 9.90. The zero-order valence-corrected chi connectivity index (χ0v) is 24.8. The fourth-order valence-corrected chi connectivity index (χ4v) is 3.92. The minimum atomic E-state index is -5.19. The number of hydrogen-bond acceptors (Lipinski definition) is 6. The van der Waals surface area contributed by atoms with Crippen LogP contribution in [0.5, 0.6) is 5.75 Å². The van der Waals surface area contributed by atoms with Crippen molar-refractivity contribution in [2.45, 2.75) is 25.3 Å². The molecule has 0 bridgehead atoms. The molecule has 0 saturated carbocycles. The van der Waals surface area contributed by atoms with E-state index >= 15 is 0 Å². The van der Waals surface area contributed by atoms with Crippen LogP contribution in [0, 0.1) is 5.41 Å². The lowest BCUT2D eigenvalue weighted by molar-refractivity contribution is -0.671. The third kappa shape index (κ3) is 11.4. The molecule has 17 heteroatoms. The number of nitrogens with two attached hydrogens (primary N) is 1. The number of halogens is 6. The lowest BCUT2D eigenvalue weighted by atomic mass is 10.1. The van der Waals surface area contributed by atoms with Gasteiger partial charge in [-0.25, -0.2) is 9.36 Å². The fourth-order valence-electron chi connectivity index (χ4n) is 3.92. The van der Waals surface area contributed by atoms with E-state index in [1.165, 1.54) is 0 Å². The molecule has 0 fully saturated rings. The van der Waals surface area contributed by atoms with Crippen molar-refractivity contribution < 1.29 is 60.2 Å². The number of carboxylic acid groups (broad SMARTS) is 2. The van der Waals surface area contributed by atoms with Gasteiger partial charge in [0.05, 0.1) is 12.6 Å². The summed E-state index contributed by atoms with van der Waals surface area (Å²) in [6.07, 6.45) is -5.54. The number of aromatic nitrogens is 2. The van der Waals surface area contributed by atoms with Crippen molar-refractivity contribution in [1.29, 1.82) is 5.41 Å². The number of nitrogens with zero attached hydrogens (tertiary/aromatic N) is 2. The molecule has 2 heterocycles. The van der Waals surface area contributed by atoms with Gasteiger partial charge in [0.25, 0.3) is 5.91 Å². The molecule has 0 spiro atoms. The maximum Gasteiger partial charge on any atom is 0.490 e. The number of hydrogen-bond donors (Lipinski definition) is 4. The maximum atomic E-state index is 13.2. The average Bonchev–Trinajstić information content (AvgIpc) is 3.36. The number of nitrogens with one attached hydrogen (secondary N) is 2. The highest BCUT2D eigenvalue weighted by atomic mass is 19.4. The third-order valence-electron chi connectivity index (χ3n) is 6.16. The summed E-state index contributed by atoms with van der Waals surface area (Å²) in [6, 6.07) is 19.3. The molecule has 0 radical (unpaired) electrons. The molecule has 5 N–H and O–H groups in total. The highest BCUT2D eigenvalue weighted by Crippen LogP contribution is 2.29. The number of carbonyl (C=O) groups is 3. The summed E-state index contributed by atoms with van der Waals surface area (Å²) in [7, 11) is 3.60. The Labute approximate surface area is 263 Å². The molecule has 4 rings (SSSR count). The Hall–Kier alpha value is -5.61. The lowest BCUT2D eigenvalue weighted by Gasteiger charge is -2.12. The van der Waals surface area contributed by atoms with Gasteiger partial charge >= 0.3 is 18.3 Å². The van der Waals surface area contributed by atoms with Crippen LogP contribution >= 0.6 is 0 Å². The number of amidine groups is 1. The van der Waals surface area contributed by atoms with Crippen molar-refractivity contribution in [2.24, 2.45) is 12.8 Å². The van der Waals surface area contributed by atoms with E-state index in [1.54, 1.807) is 13.2 Å². The van der Waals surface area contributed by atoms with Crippen molar-refractivity contribution >= 4 is 34.6 Å². The number of alkyl halides is 6. The van der Waals surface area contributed by atoms with Crippen LogP contribution in [0.3, 0.4) is 0 Å². The van der Waals surface area contributed by atoms with Crippen molar-refractivity contribution in [2.75, 3.05) is 13.7 Å². The predicted octanol–water partition coefficient (Wildman–Crippen LogP) is 2.71. The van der Waals surface area contributed by atoms with Gasteiger partial charge in [0, 0.05) is 36.2 Å². The van der Waals surface area contributed by atoms with E-state index in [4.69, 9.17) is 35.7 Å². The summed E-state index contributed by atoms with van der Waals surface area (Å²) in [6.45, 7) is 1.00. The normalized spacial score (nSPS) is 11.0. The quantitative estimate of drug-likeness (QED) is 0.0966. The molecule has 0 saturated heterocycles. The molecular weight excluding hydrogens is 640 g/mol. The van der Waals surface area contributed by atoms with E-state index in [2.05, 4.69) is 17.4 Å². The molecule has 0 unspecified atom stereocenters. The van der Waals surface area contributed by atoms with Crippen LogP contribution in [0.4, 0.5) is 26.3 Å². The van der Waals surface area contributed by atoms with Gasteiger partial charge < -0.3 is 35.4 Å². The summed E-state index contributed by atoms with van der Waals surface area (Å²) in [4.78, 5) is 30.9. The van der Waals surface area contributed by atoms with Gasteiger partial charge in [-0.1, -0.05) is 24.3 Å². The smallest absolute Gasteiger partial charge is 0.490 e. The maximum absolute atomic E-state index is 13.2. The number of methoxy groups -OCH3 is 1. The summed E-state index contributed by atoms with van der Waals surface area (Å²) in [5.74, 6) is -5.17. The molecule has 0 aliphatic rings. The molecule has 4 aromatic rings. The predicted molar refractivity (Wildman–Crippen MR) is 153 cm³/mol. The number of fused-ring (bicyclic) bond motifs is 1. The number of rotatable bonds is 8. The van der Waals surface area contributed by atoms with Gasteiger partial charge in [-0.05, 0) is 41.8 Å². The lowest BCUT2D eigenvalue weighted by Crippen LogP contribution is -2.37. The van der Waals surface area contributed by atoms with E-state index in [9.17, 15) is 31.1 Å². The Balaban J connectivity index is 0.000000459. The molecule has 252 valence electrons. The van der Waals surface area contributed by atoms with E-state index in [-0.39, 0.29) is 11.7 Å². The van der Waals surface area contributed by atoms with Crippen LogP contribution in [-0.2, 0) is 29.6 Å². The van der Waals surface area contributed by atoms with Gasteiger partial charge in [-0.15, -0.1) is 0 Å². The number of aliphatic carboxylic acids is 2. The van der Waals surface area contributed by atoms with Gasteiger partial charge in [-0.2, -0.15) is 26.3 Å². The minimum absolute atomic E-state index is 0.0170. The van der Waals surface area contributed by atoms with Crippen LogP contribution < -0.4 is 25.5 Å². The monoisotopic (exact) mass is 669 g/mol. The number of carbonyl (C=O) groups excluding carboxylic acids is 2. The molecule has 0 aliphatic carbocycles. The van der Waals surface area contributed by atoms with Gasteiger partial charge in [0.2, 0.25) is 0 Å². The number of benzene rings is 2. The van der Waals surface area contributed by atoms with Gasteiger partial charge in [0.15, 0.2) is 12.4 Å². The van der Waals surface area contributed by atoms with Crippen molar-refractivity contribution in [3.8, 4) is 5.75 Å². The molecule has 2 aromatic carbocycles. The highest BCUT2D eigenvalue weighted by Gasteiger charge is 2.38. The topological polar surface area (TPSA) is 174 Å². The number of pyridine rings is 1. The largest absolute Gasteiger partial charge is 0.542 e. The first-order chi connectivity index (χ1) is 21.8. The minimum Gasteiger partial charge on any atom is -0.542 e. The Morgan fingerprint density at radius 3 is 2.06 bits per heavy atom. The second-order valence-corrected chi connectivity index (χ2v) is 9.59. The van der Waals surface area contributed by atoms with Crippen molar-refractivity contribution in [1.82, 2.24) is 9.88 Å². The first kappa shape index (κ1) is 37.6. The first-order valence-electron chi connectivity index (χ1n) is 13.2. The van der Waals surface area contributed by atoms with E-state index in [1.807, 2.05) is 71.0 Å². The Morgan fingerprint density at radius 2 is 1.55 bits per heavy atom. The van der Waals surface area contributed by atoms with Crippen LogP contribution in [0.2, 0.25) is 0 Å². The van der Waals surface area contributed by atoms with Crippen LogP contribution in [-0.4, -0.2) is 59.4 Å². The Kier molecular flexibility index (Phi) is 12.9. The fraction of sp³-hybridized carbons (Fsp3) is 0.233.